The second-order valence-corrected chi connectivity index (χ2v) is 4.36. The van der Waals surface area contributed by atoms with Crippen LogP contribution in [-0.2, 0) is 17.6 Å². The van der Waals surface area contributed by atoms with Gasteiger partial charge in [0.25, 0.3) is 0 Å². The van der Waals surface area contributed by atoms with Gasteiger partial charge in [-0.15, -0.1) is 6.58 Å². The maximum absolute atomic E-state index is 10.9. The number of aliphatic carboxylic acids is 1. The number of hydrogen-bond acceptors (Lipinski definition) is 3. The summed E-state index contributed by atoms with van der Waals surface area (Å²) in [5, 5.41) is 18.5. The molecule has 4 nitrogen and oxygen atoms in total. The molecule has 1 unspecified atom stereocenters. The topological polar surface area (TPSA) is 83.6 Å². The number of nitrogens with two attached hydrogens (primary N) is 1. The summed E-state index contributed by atoms with van der Waals surface area (Å²) >= 11 is 0. The number of rotatable bonds is 5. The molecule has 0 radical (unpaired) electrons. The maximum atomic E-state index is 10.9. The van der Waals surface area contributed by atoms with Crippen molar-refractivity contribution < 1.29 is 15.0 Å². The molecule has 1 aromatic rings. The highest BCUT2D eigenvalue weighted by atomic mass is 16.4. The molecule has 0 aromatic heterocycles. The van der Waals surface area contributed by atoms with Crippen LogP contribution in [0, 0.1) is 0 Å². The van der Waals surface area contributed by atoms with Crippen molar-refractivity contribution in [2.24, 2.45) is 5.73 Å². The summed E-state index contributed by atoms with van der Waals surface area (Å²) in [6, 6.07) is 4.98. The molecular weight excluding hydrogens is 218 g/mol. The number of carboxylic acid groups (broad SMARTS) is 1. The lowest BCUT2D eigenvalue weighted by Crippen LogP contribution is -2.46. The van der Waals surface area contributed by atoms with E-state index in [1.807, 2.05) is 0 Å². The smallest absolute Gasteiger partial charge is 0.323 e. The Kier molecular flexibility index (Phi) is 3.91. The summed E-state index contributed by atoms with van der Waals surface area (Å²) < 4.78 is 0. The second-order valence-electron chi connectivity index (χ2n) is 4.36. The molecule has 0 bridgehead atoms. The number of carboxylic acids is 1. The Hall–Kier alpha value is -1.81. The van der Waals surface area contributed by atoms with Gasteiger partial charge in [-0.25, -0.2) is 0 Å². The number of phenolic OH excluding ortho intramolecular Hbond substituents is 1. The number of hydrogen-bond donors (Lipinski definition) is 3. The molecule has 0 heterocycles. The zero-order valence-corrected chi connectivity index (χ0v) is 9.81. The molecule has 1 aromatic carbocycles. The summed E-state index contributed by atoms with van der Waals surface area (Å²) in [5.41, 5.74) is 5.87. The van der Waals surface area contributed by atoms with E-state index in [1.54, 1.807) is 24.3 Å². The minimum atomic E-state index is -1.30. The summed E-state index contributed by atoms with van der Waals surface area (Å²) in [4.78, 5) is 10.9. The van der Waals surface area contributed by atoms with Gasteiger partial charge in [0.2, 0.25) is 0 Å². The van der Waals surface area contributed by atoms with Crippen LogP contribution in [0.25, 0.3) is 0 Å². The molecule has 0 aliphatic carbocycles. The van der Waals surface area contributed by atoms with Crippen LogP contribution in [0.15, 0.2) is 30.9 Å². The Bertz CT molecular complexity index is 438. The van der Waals surface area contributed by atoms with Crippen LogP contribution in [0.3, 0.4) is 0 Å². The fraction of sp³-hybridized carbons (Fsp3) is 0.308. The highest BCUT2D eigenvalue weighted by molar-refractivity contribution is 5.78. The van der Waals surface area contributed by atoms with Crippen molar-refractivity contribution in [1.29, 1.82) is 0 Å². The average molecular weight is 235 g/mol. The first-order valence-electron chi connectivity index (χ1n) is 5.31. The normalized spacial score (nSPS) is 14.0. The van der Waals surface area contributed by atoms with Crippen LogP contribution in [0.2, 0.25) is 0 Å². The van der Waals surface area contributed by atoms with Gasteiger partial charge in [0.1, 0.15) is 11.3 Å². The molecule has 0 spiro atoms. The predicted molar refractivity (Wildman–Crippen MR) is 65.9 cm³/mol. The number of allylic oxidation sites excluding steroid dienone is 1. The zero-order chi connectivity index (χ0) is 13.1. The highest BCUT2D eigenvalue weighted by Gasteiger charge is 2.28. The fourth-order valence-electron chi connectivity index (χ4n) is 1.57. The molecule has 92 valence electrons. The monoisotopic (exact) mass is 235 g/mol. The minimum absolute atomic E-state index is 0.183. The maximum Gasteiger partial charge on any atom is 0.323 e. The van der Waals surface area contributed by atoms with Crippen molar-refractivity contribution in [3.63, 3.8) is 0 Å². The van der Waals surface area contributed by atoms with Gasteiger partial charge in [0, 0.05) is 6.42 Å². The molecule has 0 aliphatic heterocycles. The molecule has 0 saturated carbocycles. The molecule has 0 aliphatic rings. The van der Waals surface area contributed by atoms with E-state index in [0.717, 1.165) is 11.1 Å². The lowest BCUT2D eigenvalue weighted by molar-refractivity contribution is -0.142. The van der Waals surface area contributed by atoms with Crippen LogP contribution < -0.4 is 5.73 Å². The lowest BCUT2D eigenvalue weighted by Gasteiger charge is -2.19. The van der Waals surface area contributed by atoms with Crippen LogP contribution in [0.5, 0.6) is 5.75 Å². The van der Waals surface area contributed by atoms with Crippen molar-refractivity contribution in [1.82, 2.24) is 0 Å². The molecule has 0 saturated heterocycles. The predicted octanol–water partition coefficient (Wildman–Crippen LogP) is 1.47. The Balaban J connectivity index is 2.96. The highest BCUT2D eigenvalue weighted by Crippen LogP contribution is 2.21. The van der Waals surface area contributed by atoms with Crippen LogP contribution in [0.1, 0.15) is 18.1 Å². The molecule has 1 rings (SSSR count). The molecule has 17 heavy (non-hydrogen) atoms. The summed E-state index contributed by atoms with van der Waals surface area (Å²) in [5.74, 6) is -0.862. The molecule has 4 N–H and O–H groups in total. The summed E-state index contributed by atoms with van der Waals surface area (Å²) in [6.45, 7) is 5.07. The van der Waals surface area contributed by atoms with Gasteiger partial charge in [-0.2, -0.15) is 0 Å². The summed E-state index contributed by atoms with van der Waals surface area (Å²) in [6.07, 6.45) is 2.43. The van der Waals surface area contributed by atoms with Crippen molar-refractivity contribution in [2.75, 3.05) is 0 Å². The molecule has 4 heteroatoms. The van der Waals surface area contributed by atoms with Gasteiger partial charge < -0.3 is 15.9 Å². The zero-order valence-electron chi connectivity index (χ0n) is 9.81. The first kappa shape index (κ1) is 13.3. The van der Waals surface area contributed by atoms with Gasteiger partial charge in [0.05, 0.1) is 0 Å². The van der Waals surface area contributed by atoms with E-state index >= 15 is 0 Å². The molecule has 0 fully saturated rings. The van der Waals surface area contributed by atoms with E-state index in [2.05, 4.69) is 6.58 Å². The quantitative estimate of drug-likeness (QED) is 0.675. The molecule has 1 atom stereocenters. The Morgan fingerprint density at radius 3 is 2.76 bits per heavy atom. The van der Waals surface area contributed by atoms with Crippen molar-refractivity contribution in [2.45, 2.75) is 25.3 Å². The average Bonchev–Trinajstić information content (AvgIpc) is 2.23. The number of aromatic hydroxyl groups is 1. The van der Waals surface area contributed by atoms with Gasteiger partial charge in [-0.1, -0.05) is 18.2 Å². The van der Waals surface area contributed by atoms with Crippen molar-refractivity contribution in [3.05, 3.63) is 42.0 Å². The van der Waals surface area contributed by atoms with Crippen LogP contribution >= 0.6 is 0 Å². The van der Waals surface area contributed by atoms with E-state index in [1.165, 1.54) is 6.92 Å². The Morgan fingerprint density at radius 1 is 1.59 bits per heavy atom. The minimum Gasteiger partial charge on any atom is -0.508 e. The van der Waals surface area contributed by atoms with Gasteiger partial charge in [0.15, 0.2) is 0 Å². The van der Waals surface area contributed by atoms with Gasteiger partial charge in [-0.05, 0) is 30.5 Å². The standard InChI is InChI=1S/C13H17NO3/c1-3-4-10-7-9(5-6-11(10)15)8-13(2,14)12(16)17/h3,5-7,15H,1,4,8,14H2,2H3,(H,16,17). The third-order valence-corrected chi connectivity index (χ3v) is 2.57. The number of carbonyl (C=O) groups is 1. The first-order chi connectivity index (χ1) is 7.86. The van der Waals surface area contributed by atoms with E-state index in [-0.39, 0.29) is 12.2 Å². The second kappa shape index (κ2) is 5.01. The first-order valence-corrected chi connectivity index (χ1v) is 5.31. The number of benzene rings is 1. The largest absolute Gasteiger partial charge is 0.508 e. The SMILES string of the molecule is C=CCc1cc(CC(C)(N)C(=O)O)ccc1O. The summed E-state index contributed by atoms with van der Waals surface area (Å²) in [7, 11) is 0. The molecule has 0 amide bonds. The molecular formula is C13H17NO3. The third-order valence-electron chi connectivity index (χ3n) is 2.57. The van der Waals surface area contributed by atoms with E-state index in [9.17, 15) is 9.90 Å². The van der Waals surface area contributed by atoms with Gasteiger partial charge >= 0.3 is 5.97 Å². The Morgan fingerprint density at radius 2 is 2.24 bits per heavy atom. The van der Waals surface area contributed by atoms with E-state index in [4.69, 9.17) is 10.8 Å². The lowest BCUT2D eigenvalue weighted by atomic mass is 9.92. The van der Waals surface area contributed by atoms with Crippen LogP contribution in [-0.4, -0.2) is 21.7 Å². The van der Waals surface area contributed by atoms with E-state index < -0.39 is 11.5 Å². The van der Waals surface area contributed by atoms with Gasteiger partial charge in [-0.3, -0.25) is 4.79 Å². The van der Waals surface area contributed by atoms with Crippen LogP contribution in [0.4, 0.5) is 0 Å². The van der Waals surface area contributed by atoms with Crippen molar-refractivity contribution >= 4 is 5.97 Å². The third kappa shape index (κ3) is 3.32. The Labute approximate surface area is 100 Å². The van der Waals surface area contributed by atoms with Crippen molar-refractivity contribution in [3.8, 4) is 5.75 Å². The van der Waals surface area contributed by atoms with E-state index in [0.29, 0.717) is 6.42 Å². The fourth-order valence-corrected chi connectivity index (χ4v) is 1.57. The number of phenols is 1.